The lowest BCUT2D eigenvalue weighted by atomic mass is 9.75. The number of nitrogens with one attached hydrogen (secondary N) is 1. The van der Waals surface area contributed by atoms with Crippen LogP contribution in [0, 0.1) is 5.41 Å². The molecule has 1 amide bonds. The monoisotopic (exact) mass is 237 g/mol. The first-order valence-electron chi connectivity index (χ1n) is 5.80. The fourth-order valence-corrected chi connectivity index (χ4v) is 2.67. The van der Waals surface area contributed by atoms with E-state index in [1.807, 2.05) is 12.1 Å². The van der Waals surface area contributed by atoms with Gasteiger partial charge in [-0.05, 0) is 12.1 Å². The second kappa shape index (κ2) is 3.88. The molecule has 1 aliphatic heterocycles. The van der Waals surface area contributed by atoms with E-state index in [0.29, 0.717) is 6.42 Å². The van der Waals surface area contributed by atoms with Gasteiger partial charge in [0.1, 0.15) is 5.76 Å². The third-order valence-corrected chi connectivity index (χ3v) is 3.53. The van der Waals surface area contributed by atoms with Crippen molar-refractivity contribution in [1.29, 1.82) is 0 Å². The molecule has 4 nitrogen and oxygen atoms in total. The van der Waals surface area contributed by atoms with Crippen molar-refractivity contribution >= 4 is 5.91 Å². The van der Waals surface area contributed by atoms with Crippen LogP contribution in [-0.2, 0) is 9.53 Å². The molecule has 0 radical (unpaired) electrons. The molecule has 2 rings (SSSR count). The van der Waals surface area contributed by atoms with Gasteiger partial charge in [0.2, 0.25) is 5.91 Å². The topological polar surface area (TPSA) is 51.5 Å². The molecule has 1 aliphatic rings. The summed E-state index contributed by atoms with van der Waals surface area (Å²) in [5.74, 6) is 0.707. The number of hydrogen-bond acceptors (Lipinski definition) is 3. The number of ether oxygens (including phenoxy) is 1. The van der Waals surface area contributed by atoms with Crippen LogP contribution in [0.25, 0.3) is 0 Å². The smallest absolute Gasteiger partial charge is 0.223 e. The zero-order valence-electron chi connectivity index (χ0n) is 10.7. The Morgan fingerprint density at radius 1 is 1.53 bits per heavy atom. The van der Waals surface area contributed by atoms with Crippen molar-refractivity contribution in [2.75, 3.05) is 7.11 Å². The molecule has 0 unspecified atom stereocenters. The molecule has 1 N–H and O–H groups in total. The van der Waals surface area contributed by atoms with Gasteiger partial charge in [-0.2, -0.15) is 0 Å². The van der Waals surface area contributed by atoms with E-state index in [1.165, 1.54) is 0 Å². The number of carbonyl (C=O) groups is 1. The van der Waals surface area contributed by atoms with Crippen molar-refractivity contribution in [2.45, 2.75) is 38.8 Å². The third kappa shape index (κ3) is 1.76. The first kappa shape index (κ1) is 12.2. The largest absolute Gasteiger partial charge is 0.469 e. The van der Waals surface area contributed by atoms with Gasteiger partial charge in [0.05, 0.1) is 12.2 Å². The van der Waals surface area contributed by atoms with Crippen molar-refractivity contribution < 1.29 is 13.9 Å². The summed E-state index contributed by atoms with van der Waals surface area (Å²) in [6.07, 6.45) is 2.03. The normalized spacial score (nSPS) is 29.4. The van der Waals surface area contributed by atoms with Crippen molar-refractivity contribution in [3.05, 3.63) is 24.2 Å². The SMILES string of the molecule is CO[C@]1(C(C)(C)C)NC(=O)C[C@@H]1c1ccco1. The highest BCUT2D eigenvalue weighted by atomic mass is 16.5. The second-order valence-electron chi connectivity index (χ2n) is 5.51. The molecule has 17 heavy (non-hydrogen) atoms. The van der Waals surface area contributed by atoms with Crippen LogP contribution in [0.5, 0.6) is 0 Å². The average molecular weight is 237 g/mol. The number of furan rings is 1. The van der Waals surface area contributed by atoms with E-state index in [9.17, 15) is 4.79 Å². The molecule has 1 saturated heterocycles. The molecular formula is C13H19NO3. The fraction of sp³-hybridized carbons (Fsp3) is 0.615. The van der Waals surface area contributed by atoms with Gasteiger partial charge >= 0.3 is 0 Å². The molecule has 0 spiro atoms. The van der Waals surface area contributed by atoms with Gasteiger partial charge in [0.15, 0.2) is 5.72 Å². The molecule has 94 valence electrons. The standard InChI is InChI=1S/C13H19NO3/c1-12(2,3)13(16-4)9(8-11(15)14-13)10-6-5-7-17-10/h5-7,9H,8H2,1-4H3,(H,14,15)/t9-,13-/m1/s1. The van der Waals surface area contributed by atoms with Gasteiger partial charge in [-0.25, -0.2) is 0 Å². The van der Waals surface area contributed by atoms with Crippen LogP contribution in [0.2, 0.25) is 0 Å². The molecule has 0 bridgehead atoms. The summed E-state index contributed by atoms with van der Waals surface area (Å²) in [6, 6.07) is 3.73. The second-order valence-corrected chi connectivity index (χ2v) is 5.51. The first-order chi connectivity index (χ1) is 7.90. The molecule has 2 heterocycles. The third-order valence-electron chi connectivity index (χ3n) is 3.53. The lowest BCUT2D eigenvalue weighted by Crippen LogP contribution is -2.56. The van der Waals surface area contributed by atoms with Crippen LogP contribution < -0.4 is 5.32 Å². The summed E-state index contributed by atoms with van der Waals surface area (Å²) in [5, 5.41) is 2.97. The number of hydrogen-bond donors (Lipinski definition) is 1. The lowest BCUT2D eigenvalue weighted by molar-refractivity contribution is -0.137. The summed E-state index contributed by atoms with van der Waals surface area (Å²) in [4.78, 5) is 11.7. The van der Waals surface area contributed by atoms with Crippen LogP contribution in [0.15, 0.2) is 22.8 Å². The maximum atomic E-state index is 11.7. The predicted octanol–water partition coefficient (Wildman–Crippen LogP) is 2.27. The van der Waals surface area contributed by atoms with E-state index in [2.05, 4.69) is 26.1 Å². The van der Waals surface area contributed by atoms with Gasteiger partial charge in [0.25, 0.3) is 0 Å². The molecule has 0 aromatic carbocycles. The van der Waals surface area contributed by atoms with Crippen LogP contribution in [-0.4, -0.2) is 18.7 Å². The molecule has 0 aliphatic carbocycles. The van der Waals surface area contributed by atoms with E-state index in [1.54, 1.807) is 13.4 Å². The minimum atomic E-state index is -0.706. The Bertz CT molecular complexity index is 405. The Morgan fingerprint density at radius 3 is 2.71 bits per heavy atom. The van der Waals surface area contributed by atoms with Gasteiger partial charge in [-0.15, -0.1) is 0 Å². The molecule has 1 fully saturated rings. The van der Waals surface area contributed by atoms with Crippen LogP contribution >= 0.6 is 0 Å². The number of amides is 1. The minimum Gasteiger partial charge on any atom is -0.469 e. The van der Waals surface area contributed by atoms with Crippen molar-refractivity contribution in [3.8, 4) is 0 Å². The molecule has 2 atom stereocenters. The van der Waals surface area contributed by atoms with Crippen molar-refractivity contribution in [2.24, 2.45) is 5.41 Å². The first-order valence-corrected chi connectivity index (χ1v) is 5.80. The van der Waals surface area contributed by atoms with Crippen LogP contribution in [0.4, 0.5) is 0 Å². The molecule has 1 aromatic rings. The van der Waals surface area contributed by atoms with Gasteiger partial charge < -0.3 is 14.5 Å². The minimum absolute atomic E-state index is 0.00294. The summed E-state index contributed by atoms with van der Waals surface area (Å²) >= 11 is 0. The highest BCUT2D eigenvalue weighted by Crippen LogP contribution is 2.47. The quantitative estimate of drug-likeness (QED) is 0.858. The maximum Gasteiger partial charge on any atom is 0.223 e. The zero-order chi connectivity index (χ0) is 12.7. The summed E-state index contributed by atoms with van der Waals surface area (Å²) in [7, 11) is 1.63. The number of carbonyl (C=O) groups excluding carboxylic acids is 1. The van der Waals surface area contributed by atoms with Gasteiger partial charge in [-0.3, -0.25) is 4.79 Å². The summed E-state index contributed by atoms with van der Waals surface area (Å²) in [6.45, 7) is 6.16. The Hall–Kier alpha value is -1.29. The summed E-state index contributed by atoms with van der Waals surface area (Å²) in [5.41, 5.74) is -0.923. The molecule has 4 heteroatoms. The lowest BCUT2D eigenvalue weighted by Gasteiger charge is -2.43. The van der Waals surface area contributed by atoms with E-state index in [-0.39, 0.29) is 17.2 Å². The van der Waals surface area contributed by atoms with Crippen molar-refractivity contribution in [3.63, 3.8) is 0 Å². The predicted molar refractivity (Wildman–Crippen MR) is 63.4 cm³/mol. The van der Waals surface area contributed by atoms with E-state index >= 15 is 0 Å². The van der Waals surface area contributed by atoms with E-state index < -0.39 is 5.72 Å². The van der Waals surface area contributed by atoms with Crippen LogP contribution in [0.3, 0.4) is 0 Å². The van der Waals surface area contributed by atoms with Gasteiger partial charge in [-0.1, -0.05) is 20.8 Å². The molecule has 1 aromatic heterocycles. The molecular weight excluding hydrogens is 218 g/mol. The van der Waals surface area contributed by atoms with E-state index in [4.69, 9.17) is 9.15 Å². The number of methoxy groups -OCH3 is 1. The number of rotatable bonds is 2. The Kier molecular flexibility index (Phi) is 2.78. The Morgan fingerprint density at radius 2 is 2.24 bits per heavy atom. The van der Waals surface area contributed by atoms with Crippen molar-refractivity contribution in [1.82, 2.24) is 5.32 Å². The average Bonchev–Trinajstić information content (AvgIpc) is 2.82. The maximum absolute atomic E-state index is 11.7. The van der Waals surface area contributed by atoms with Gasteiger partial charge in [0, 0.05) is 18.9 Å². The van der Waals surface area contributed by atoms with E-state index in [0.717, 1.165) is 5.76 Å². The van der Waals surface area contributed by atoms with Crippen LogP contribution in [0.1, 0.15) is 38.9 Å². The highest BCUT2D eigenvalue weighted by Gasteiger charge is 2.56. The Balaban J connectivity index is 2.46. The molecule has 0 saturated carbocycles. The highest BCUT2D eigenvalue weighted by molar-refractivity contribution is 5.81. The fourth-order valence-electron chi connectivity index (χ4n) is 2.67. The summed E-state index contributed by atoms with van der Waals surface area (Å²) < 4.78 is 11.1. The Labute approximate surface area is 101 Å². The zero-order valence-corrected chi connectivity index (χ0v) is 10.7.